The van der Waals surface area contributed by atoms with E-state index in [1.807, 2.05) is 6.07 Å². The monoisotopic (exact) mass is 203 g/mol. The van der Waals surface area contributed by atoms with Crippen LogP contribution in [-0.2, 0) is 0 Å². The normalized spacial score (nSPS) is 9.93. The maximum Gasteiger partial charge on any atom is 0.148 e. The van der Waals surface area contributed by atoms with E-state index >= 15 is 0 Å². The van der Waals surface area contributed by atoms with Gasteiger partial charge in [0.2, 0.25) is 0 Å². The molecule has 15 heavy (non-hydrogen) atoms. The molecule has 0 saturated carbocycles. The summed E-state index contributed by atoms with van der Waals surface area (Å²) in [5.74, 6) is -0.427. The molecule has 0 fully saturated rings. The minimum Gasteiger partial charge on any atom is -0.396 e. The summed E-state index contributed by atoms with van der Waals surface area (Å²) in [6, 6.07) is 8.24. The average Bonchev–Trinajstić information content (AvgIpc) is 2.25. The summed E-state index contributed by atoms with van der Waals surface area (Å²) in [6.07, 6.45) is 3.34. The number of anilines is 3. The molecule has 2 aromatic rings. The van der Waals surface area contributed by atoms with Gasteiger partial charge in [0.05, 0.1) is 17.6 Å². The second-order valence-electron chi connectivity index (χ2n) is 3.10. The number of aromatic nitrogens is 1. The number of halogens is 1. The molecule has 0 amide bonds. The molecular formula is C11H10FN3. The van der Waals surface area contributed by atoms with Crippen LogP contribution in [-0.4, -0.2) is 4.98 Å². The molecule has 2 rings (SSSR count). The molecule has 0 aliphatic heterocycles. The summed E-state index contributed by atoms with van der Waals surface area (Å²) >= 11 is 0. The highest BCUT2D eigenvalue weighted by Crippen LogP contribution is 2.19. The summed E-state index contributed by atoms with van der Waals surface area (Å²) in [7, 11) is 0. The predicted molar refractivity (Wildman–Crippen MR) is 58.3 cm³/mol. The molecule has 0 saturated heterocycles. The average molecular weight is 203 g/mol. The highest BCUT2D eigenvalue weighted by Gasteiger charge is 1.99. The second kappa shape index (κ2) is 3.96. The number of nitrogen functional groups attached to an aromatic ring is 1. The SMILES string of the molecule is Nc1ccc(Nc2cccnc2)cc1F. The van der Waals surface area contributed by atoms with Gasteiger partial charge in [0.25, 0.3) is 0 Å². The van der Waals surface area contributed by atoms with Gasteiger partial charge in [-0.3, -0.25) is 4.98 Å². The predicted octanol–water partition coefficient (Wildman–Crippen LogP) is 2.55. The molecule has 1 aromatic heterocycles. The van der Waals surface area contributed by atoms with Crippen LogP contribution in [0.1, 0.15) is 0 Å². The molecule has 1 heterocycles. The van der Waals surface area contributed by atoms with Crippen LogP contribution in [0.5, 0.6) is 0 Å². The van der Waals surface area contributed by atoms with Crippen LogP contribution in [0.2, 0.25) is 0 Å². The van der Waals surface area contributed by atoms with Gasteiger partial charge in [0, 0.05) is 11.9 Å². The summed E-state index contributed by atoms with van der Waals surface area (Å²) in [6.45, 7) is 0. The number of nitrogens with one attached hydrogen (secondary N) is 1. The quantitative estimate of drug-likeness (QED) is 0.737. The third-order valence-electron chi connectivity index (χ3n) is 1.95. The molecule has 0 atom stereocenters. The van der Waals surface area contributed by atoms with E-state index in [4.69, 9.17) is 5.73 Å². The summed E-state index contributed by atoms with van der Waals surface area (Å²) < 4.78 is 13.1. The molecule has 1 aromatic carbocycles. The largest absolute Gasteiger partial charge is 0.396 e. The molecule has 76 valence electrons. The van der Waals surface area contributed by atoms with Gasteiger partial charge < -0.3 is 11.1 Å². The summed E-state index contributed by atoms with van der Waals surface area (Å²) in [5.41, 5.74) is 6.97. The Bertz CT molecular complexity index is 457. The van der Waals surface area contributed by atoms with Gasteiger partial charge in [0.15, 0.2) is 0 Å². The molecule has 0 spiro atoms. The Kier molecular flexibility index (Phi) is 2.49. The van der Waals surface area contributed by atoms with Crippen molar-refractivity contribution in [3.8, 4) is 0 Å². The molecule has 0 aliphatic rings. The first-order valence-corrected chi connectivity index (χ1v) is 4.48. The van der Waals surface area contributed by atoms with E-state index in [2.05, 4.69) is 10.3 Å². The van der Waals surface area contributed by atoms with E-state index in [1.54, 1.807) is 24.5 Å². The van der Waals surface area contributed by atoms with Gasteiger partial charge >= 0.3 is 0 Å². The van der Waals surface area contributed by atoms with Crippen molar-refractivity contribution in [3.63, 3.8) is 0 Å². The zero-order valence-corrected chi connectivity index (χ0v) is 7.94. The van der Waals surface area contributed by atoms with Crippen molar-refractivity contribution in [2.45, 2.75) is 0 Å². The van der Waals surface area contributed by atoms with E-state index in [0.29, 0.717) is 5.69 Å². The molecular weight excluding hydrogens is 193 g/mol. The Morgan fingerprint density at radius 1 is 1.20 bits per heavy atom. The van der Waals surface area contributed by atoms with Crippen LogP contribution < -0.4 is 11.1 Å². The molecule has 0 radical (unpaired) electrons. The number of hydrogen-bond acceptors (Lipinski definition) is 3. The number of rotatable bonds is 2. The van der Waals surface area contributed by atoms with E-state index in [-0.39, 0.29) is 5.69 Å². The van der Waals surface area contributed by atoms with Crippen molar-refractivity contribution in [2.75, 3.05) is 11.1 Å². The lowest BCUT2D eigenvalue weighted by molar-refractivity contribution is 0.633. The fourth-order valence-corrected chi connectivity index (χ4v) is 1.21. The maximum absolute atomic E-state index is 13.1. The first kappa shape index (κ1) is 9.45. The fourth-order valence-electron chi connectivity index (χ4n) is 1.21. The van der Waals surface area contributed by atoms with Gasteiger partial charge in [0.1, 0.15) is 5.82 Å². The standard InChI is InChI=1S/C11H10FN3/c12-10-6-8(3-4-11(10)13)15-9-2-1-5-14-7-9/h1-7,15H,13H2. The number of hydrogen-bond donors (Lipinski definition) is 2. The minimum atomic E-state index is -0.427. The number of nitrogens with zero attached hydrogens (tertiary/aromatic N) is 1. The zero-order valence-electron chi connectivity index (χ0n) is 7.94. The topological polar surface area (TPSA) is 50.9 Å². The van der Waals surface area contributed by atoms with Crippen molar-refractivity contribution < 1.29 is 4.39 Å². The van der Waals surface area contributed by atoms with E-state index < -0.39 is 5.82 Å². The van der Waals surface area contributed by atoms with Crippen LogP contribution in [0.15, 0.2) is 42.7 Å². The molecule has 0 bridgehead atoms. The van der Waals surface area contributed by atoms with Crippen LogP contribution in [0, 0.1) is 5.82 Å². The molecule has 3 nitrogen and oxygen atoms in total. The van der Waals surface area contributed by atoms with Crippen LogP contribution in [0.4, 0.5) is 21.5 Å². The van der Waals surface area contributed by atoms with Gasteiger partial charge in [-0.05, 0) is 30.3 Å². The zero-order chi connectivity index (χ0) is 10.7. The van der Waals surface area contributed by atoms with Crippen molar-refractivity contribution in [1.82, 2.24) is 4.98 Å². The van der Waals surface area contributed by atoms with Crippen molar-refractivity contribution in [1.29, 1.82) is 0 Å². The van der Waals surface area contributed by atoms with Gasteiger partial charge in [-0.15, -0.1) is 0 Å². The van der Waals surface area contributed by atoms with Gasteiger partial charge in [-0.25, -0.2) is 4.39 Å². The molecule has 3 N–H and O–H groups in total. The first-order chi connectivity index (χ1) is 7.25. The van der Waals surface area contributed by atoms with Gasteiger partial charge in [-0.1, -0.05) is 0 Å². The summed E-state index contributed by atoms with van der Waals surface area (Å²) in [5, 5.41) is 3.01. The molecule has 0 unspecified atom stereocenters. The van der Waals surface area contributed by atoms with Crippen molar-refractivity contribution >= 4 is 17.1 Å². The first-order valence-electron chi connectivity index (χ1n) is 4.48. The highest BCUT2D eigenvalue weighted by molar-refractivity contribution is 5.61. The lowest BCUT2D eigenvalue weighted by atomic mass is 10.2. The van der Waals surface area contributed by atoms with E-state index in [9.17, 15) is 4.39 Å². The second-order valence-corrected chi connectivity index (χ2v) is 3.10. The molecule has 0 aliphatic carbocycles. The number of pyridine rings is 1. The lowest BCUT2D eigenvalue weighted by Gasteiger charge is -2.06. The number of benzene rings is 1. The fraction of sp³-hybridized carbons (Fsp3) is 0. The smallest absolute Gasteiger partial charge is 0.148 e. The Labute approximate surface area is 86.8 Å². The Hall–Kier alpha value is -2.10. The third-order valence-corrected chi connectivity index (χ3v) is 1.95. The van der Waals surface area contributed by atoms with Crippen LogP contribution in [0.3, 0.4) is 0 Å². The minimum absolute atomic E-state index is 0.145. The van der Waals surface area contributed by atoms with E-state index in [1.165, 1.54) is 12.1 Å². The summed E-state index contributed by atoms with van der Waals surface area (Å²) in [4.78, 5) is 3.94. The van der Waals surface area contributed by atoms with Crippen LogP contribution in [0.25, 0.3) is 0 Å². The molecule has 4 heteroatoms. The van der Waals surface area contributed by atoms with Crippen molar-refractivity contribution in [3.05, 3.63) is 48.5 Å². The van der Waals surface area contributed by atoms with Gasteiger partial charge in [-0.2, -0.15) is 0 Å². The number of nitrogens with two attached hydrogens (primary N) is 1. The Balaban J connectivity index is 2.22. The lowest BCUT2D eigenvalue weighted by Crippen LogP contribution is -1.94. The van der Waals surface area contributed by atoms with Crippen molar-refractivity contribution in [2.24, 2.45) is 0 Å². The van der Waals surface area contributed by atoms with Crippen LogP contribution >= 0.6 is 0 Å². The third kappa shape index (κ3) is 2.22. The Morgan fingerprint density at radius 3 is 2.73 bits per heavy atom. The van der Waals surface area contributed by atoms with E-state index in [0.717, 1.165) is 5.69 Å². The highest BCUT2D eigenvalue weighted by atomic mass is 19.1. The maximum atomic E-state index is 13.1. The Morgan fingerprint density at radius 2 is 2.07 bits per heavy atom.